The Bertz CT molecular complexity index is 1950. The summed E-state index contributed by atoms with van der Waals surface area (Å²) in [7, 11) is 0. The van der Waals surface area contributed by atoms with E-state index in [1.165, 1.54) is 88.3 Å². The smallest absolute Gasteiger partial charge is 0.00106 e. The molecule has 42 heavy (non-hydrogen) atoms. The van der Waals surface area contributed by atoms with Gasteiger partial charge in [-0.15, -0.1) is 0 Å². The van der Waals surface area contributed by atoms with Gasteiger partial charge in [0.2, 0.25) is 0 Å². The van der Waals surface area contributed by atoms with E-state index in [-0.39, 0.29) is 0 Å². The van der Waals surface area contributed by atoms with Crippen molar-refractivity contribution in [2.45, 2.75) is 39.5 Å². The van der Waals surface area contributed by atoms with Crippen LogP contribution in [0, 0.1) is 13.8 Å². The molecule has 0 unspecified atom stereocenters. The summed E-state index contributed by atoms with van der Waals surface area (Å²) in [6, 6.07) is 45.4. The summed E-state index contributed by atoms with van der Waals surface area (Å²) in [6.07, 6.45) is 4.07. The maximum absolute atomic E-state index is 2.41. The molecule has 0 nitrogen and oxygen atoms in total. The van der Waals surface area contributed by atoms with Crippen LogP contribution in [0.4, 0.5) is 0 Å². The first-order chi connectivity index (χ1) is 20.6. The van der Waals surface area contributed by atoms with Crippen molar-refractivity contribution in [3.05, 3.63) is 166 Å². The van der Waals surface area contributed by atoms with Crippen LogP contribution < -0.4 is 0 Å². The molecule has 0 heterocycles. The Morgan fingerprint density at radius 2 is 0.833 bits per heavy atom. The van der Waals surface area contributed by atoms with Crippen molar-refractivity contribution in [3.63, 3.8) is 0 Å². The van der Waals surface area contributed by atoms with Crippen LogP contribution in [0.2, 0.25) is 0 Å². The molecule has 0 saturated heterocycles. The lowest BCUT2D eigenvalue weighted by atomic mass is 9.88. The van der Waals surface area contributed by atoms with E-state index in [1.54, 1.807) is 0 Å². The van der Waals surface area contributed by atoms with Crippen molar-refractivity contribution in [1.82, 2.24) is 0 Å². The van der Waals surface area contributed by atoms with E-state index in [0.29, 0.717) is 0 Å². The van der Waals surface area contributed by atoms with Gasteiger partial charge < -0.3 is 0 Å². The zero-order valence-corrected chi connectivity index (χ0v) is 24.4. The summed E-state index contributed by atoms with van der Waals surface area (Å²) in [6.45, 7) is 4.47. The molecule has 0 spiro atoms. The lowest BCUT2D eigenvalue weighted by Gasteiger charge is -2.16. The molecule has 0 fully saturated rings. The van der Waals surface area contributed by atoms with Gasteiger partial charge in [-0.3, -0.25) is 0 Å². The molecule has 2 aliphatic rings. The van der Waals surface area contributed by atoms with Crippen molar-refractivity contribution >= 4 is 43.8 Å². The van der Waals surface area contributed by atoms with Crippen LogP contribution in [-0.4, -0.2) is 0 Å². The van der Waals surface area contributed by atoms with E-state index in [0.717, 1.165) is 25.7 Å². The van der Waals surface area contributed by atoms with Crippen molar-refractivity contribution in [3.8, 4) is 0 Å². The second kappa shape index (κ2) is 10.00. The van der Waals surface area contributed by atoms with Crippen LogP contribution in [0.15, 0.2) is 121 Å². The minimum Gasteiger partial charge on any atom is -0.0619 e. The Labute approximate surface area is 248 Å². The average Bonchev–Trinajstić information content (AvgIpc) is 3.57. The minimum absolute atomic E-state index is 1.00. The number of benzene rings is 6. The highest BCUT2D eigenvalue weighted by atomic mass is 14.3. The molecular formula is C42H34. The molecule has 0 N–H and O–H groups in total. The van der Waals surface area contributed by atoms with E-state index in [2.05, 4.69) is 135 Å². The number of fused-ring (bicyclic) bond motifs is 4. The number of hydrogen-bond donors (Lipinski definition) is 0. The van der Waals surface area contributed by atoms with Crippen LogP contribution in [-0.2, 0) is 12.8 Å². The van der Waals surface area contributed by atoms with E-state index >= 15 is 0 Å². The van der Waals surface area contributed by atoms with Crippen LogP contribution in [0.3, 0.4) is 0 Å². The fourth-order valence-electron chi connectivity index (χ4n) is 7.61. The normalized spacial score (nSPS) is 14.2. The molecule has 0 bridgehead atoms. The van der Waals surface area contributed by atoms with Crippen LogP contribution in [0.25, 0.3) is 43.8 Å². The molecule has 6 aromatic carbocycles. The van der Waals surface area contributed by atoms with Crippen molar-refractivity contribution in [2.24, 2.45) is 0 Å². The summed E-state index contributed by atoms with van der Waals surface area (Å²) < 4.78 is 0. The van der Waals surface area contributed by atoms with E-state index in [9.17, 15) is 0 Å². The van der Waals surface area contributed by atoms with Gasteiger partial charge in [0.15, 0.2) is 0 Å². The van der Waals surface area contributed by atoms with Gasteiger partial charge in [-0.2, -0.15) is 0 Å². The molecule has 0 saturated carbocycles. The Morgan fingerprint density at radius 1 is 0.429 bits per heavy atom. The van der Waals surface area contributed by atoms with Crippen molar-refractivity contribution in [2.75, 3.05) is 0 Å². The third-order valence-corrected chi connectivity index (χ3v) is 9.44. The first-order valence-corrected chi connectivity index (χ1v) is 15.2. The number of aryl methyl sites for hydroxylation is 2. The highest BCUT2D eigenvalue weighted by Gasteiger charge is 2.27. The largest absolute Gasteiger partial charge is 0.0619 e. The number of rotatable bonds is 5. The standard InChI is InChI=1S/C42H34/c1-27-21-29-11-3-9-17-35(29)39(23-27)41-25-31-13-5-7-15-33(31)37(41)19-20-38-34-16-8-6-14-32(34)26-42(38)40-24-28(2)22-30-12-4-10-18-36(30)40/h3-18,21-24H,19-20,25-26H2,1-2H3. The van der Waals surface area contributed by atoms with Crippen molar-refractivity contribution < 1.29 is 0 Å². The van der Waals surface area contributed by atoms with Gasteiger partial charge in [0.05, 0.1) is 0 Å². The van der Waals surface area contributed by atoms with E-state index in [4.69, 9.17) is 0 Å². The second-order valence-electron chi connectivity index (χ2n) is 12.1. The molecule has 0 radical (unpaired) electrons. The highest BCUT2D eigenvalue weighted by Crippen LogP contribution is 2.47. The number of allylic oxidation sites excluding steroid dienone is 4. The van der Waals surface area contributed by atoms with Gasteiger partial charge in [0.25, 0.3) is 0 Å². The lowest BCUT2D eigenvalue weighted by molar-refractivity contribution is 1.09. The van der Waals surface area contributed by atoms with E-state index in [1.807, 2.05) is 0 Å². The zero-order chi connectivity index (χ0) is 28.2. The summed E-state index contributed by atoms with van der Waals surface area (Å²) in [5.41, 5.74) is 17.3. The van der Waals surface area contributed by atoms with Gasteiger partial charge in [0.1, 0.15) is 0 Å². The Hall–Kier alpha value is -4.68. The molecule has 0 aliphatic heterocycles. The summed E-state index contributed by atoms with van der Waals surface area (Å²) in [5.74, 6) is 0. The molecule has 202 valence electrons. The highest BCUT2D eigenvalue weighted by molar-refractivity contribution is 6.07. The quantitative estimate of drug-likeness (QED) is 0.205. The summed E-state index contributed by atoms with van der Waals surface area (Å²) in [4.78, 5) is 0. The fourth-order valence-corrected chi connectivity index (χ4v) is 7.61. The van der Waals surface area contributed by atoms with Gasteiger partial charge in [0, 0.05) is 0 Å². The molecule has 8 rings (SSSR count). The SMILES string of the molecule is Cc1cc(C2=C(CCC3=C(c4cc(C)cc5ccccc45)Cc4ccccc43)c3ccccc3C2)c2ccccc2c1. The maximum Gasteiger partial charge on any atom is -0.00106 e. The maximum atomic E-state index is 2.41. The molecule has 0 heteroatoms. The Kier molecular flexibility index (Phi) is 5.97. The third kappa shape index (κ3) is 4.13. The van der Waals surface area contributed by atoms with Crippen molar-refractivity contribution in [1.29, 1.82) is 0 Å². The zero-order valence-electron chi connectivity index (χ0n) is 24.4. The van der Waals surface area contributed by atoms with Gasteiger partial charge in [-0.05, 0) is 128 Å². The predicted octanol–water partition coefficient (Wildman–Crippen LogP) is 11.0. The monoisotopic (exact) mass is 538 g/mol. The molecule has 2 aliphatic carbocycles. The average molecular weight is 539 g/mol. The fraction of sp³-hybridized carbons (Fsp3) is 0.143. The van der Waals surface area contributed by atoms with Crippen LogP contribution in [0.1, 0.15) is 57.3 Å². The number of hydrogen-bond acceptors (Lipinski definition) is 0. The first kappa shape index (κ1) is 25.1. The molecule has 0 aromatic heterocycles. The summed E-state index contributed by atoms with van der Waals surface area (Å²) >= 11 is 0. The third-order valence-electron chi connectivity index (χ3n) is 9.44. The molecular weight excluding hydrogens is 504 g/mol. The molecule has 6 aromatic rings. The Morgan fingerprint density at radius 3 is 1.31 bits per heavy atom. The topological polar surface area (TPSA) is 0 Å². The predicted molar refractivity (Wildman–Crippen MR) is 181 cm³/mol. The van der Waals surface area contributed by atoms with Gasteiger partial charge in [-0.25, -0.2) is 0 Å². The van der Waals surface area contributed by atoms with Crippen LogP contribution >= 0.6 is 0 Å². The lowest BCUT2D eigenvalue weighted by Crippen LogP contribution is -1.94. The molecule has 0 atom stereocenters. The van der Waals surface area contributed by atoms with E-state index < -0.39 is 0 Å². The van der Waals surface area contributed by atoms with Gasteiger partial charge in [-0.1, -0.05) is 121 Å². The van der Waals surface area contributed by atoms with Crippen LogP contribution in [0.5, 0.6) is 0 Å². The first-order valence-electron chi connectivity index (χ1n) is 15.2. The minimum atomic E-state index is 1.00. The summed E-state index contributed by atoms with van der Waals surface area (Å²) in [5, 5.41) is 5.38. The Balaban J connectivity index is 1.29. The second-order valence-corrected chi connectivity index (χ2v) is 12.1. The van der Waals surface area contributed by atoms with Gasteiger partial charge >= 0.3 is 0 Å². The molecule has 0 amide bonds.